The molecule has 0 rings (SSSR count). The molecule has 104 valence electrons. The van der Waals surface area contributed by atoms with Crippen molar-refractivity contribution >= 4 is 17.9 Å². The van der Waals surface area contributed by atoms with Crippen LogP contribution in [0, 0.1) is 5.92 Å². The fourth-order valence-electron chi connectivity index (χ4n) is 1.33. The minimum atomic E-state index is -1.01. The van der Waals surface area contributed by atoms with Gasteiger partial charge < -0.3 is 10.4 Å². The molecular formula is C11H21N3O4. The Balaban J connectivity index is 4.07. The Morgan fingerprint density at radius 3 is 2.28 bits per heavy atom. The highest BCUT2D eigenvalue weighted by molar-refractivity contribution is 5.95. The number of imide groups is 1. The van der Waals surface area contributed by atoms with Crippen LogP contribution in [0.5, 0.6) is 0 Å². The van der Waals surface area contributed by atoms with Crippen molar-refractivity contribution in [2.24, 2.45) is 5.92 Å². The molecule has 0 aliphatic heterocycles. The van der Waals surface area contributed by atoms with E-state index in [1.54, 1.807) is 6.92 Å². The summed E-state index contributed by atoms with van der Waals surface area (Å²) < 4.78 is 0. The molecule has 0 heterocycles. The number of hydrogen-bond acceptors (Lipinski definition) is 4. The molecule has 0 saturated carbocycles. The van der Waals surface area contributed by atoms with Gasteiger partial charge in [-0.2, -0.15) is 0 Å². The Kier molecular flexibility index (Phi) is 7.69. The van der Waals surface area contributed by atoms with E-state index in [0.717, 1.165) is 0 Å². The van der Waals surface area contributed by atoms with E-state index in [1.165, 1.54) is 0 Å². The Hall–Kier alpha value is -1.63. The number of aliphatic carboxylic acids is 1. The summed E-state index contributed by atoms with van der Waals surface area (Å²) in [6.45, 7) is 5.72. The van der Waals surface area contributed by atoms with Crippen molar-refractivity contribution in [2.45, 2.75) is 33.2 Å². The lowest BCUT2D eigenvalue weighted by molar-refractivity contribution is -0.140. The van der Waals surface area contributed by atoms with Gasteiger partial charge in [0.2, 0.25) is 5.91 Å². The smallest absolute Gasteiger partial charge is 0.321 e. The van der Waals surface area contributed by atoms with E-state index in [4.69, 9.17) is 5.11 Å². The van der Waals surface area contributed by atoms with Crippen LogP contribution in [0.1, 0.15) is 27.2 Å². The second kappa shape index (κ2) is 8.46. The summed E-state index contributed by atoms with van der Waals surface area (Å²) in [5, 5.41) is 16.0. The van der Waals surface area contributed by atoms with Gasteiger partial charge in [-0.25, -0.2) is 4.79 Å². The Morgan fingerprint density at radius 1 is 1.22 bits per heavy atom. The van der Waals surface area contributed by atoms with Gasteiger partial charge in [-0.3, -0.25) is 20.2 Å². The highest BCUT2D eigenvalue weighted by atomic mass is 16.4. The minimum Gasteiger partial charge on any atom is -0.480 e. The topological polar surface area (TPSA) is 108 Å². The molecule has 0 spiro atoms. The van der Waals surface area contributed by atoms with Crippen molar-refractivity contribution in [3.63, 3.8) is 0 Å². The molecule has 0 aromatic heterocycles. The summed E-state index contributed by atoms with van der Waals surface area (Å²) in [6, 6.07) is -1.37. The van der Waals surface area contributed by atoms with E-state index in [2.05, 4.69) is 16.0 Å². The number of nitrogens with one attached hydrogen (secondary N) is 3. The van der Waals surface area contributed by atoms with Crippen LogP contribution >= 0.6 is 0 Å². The normalized spacial score (nSPS) is 12.0. The largest absolute Gasteiger partial charge is 0.480 e. The number of carboxylic acid groups (broad SMARTS) is 1. The third kappa shape index (κ3) is 7.61. The van der Waals surface area contributed by atoms with Crippen molar-refractivity contribution in [1.82, 2.24) is 16.0 Å². The standard InChI is InChI=1S/C11H21N3O4/c1-4-12-11(18)14-9(15)6-13-8(10(16)17)5-7(2)3/h7-8,13H,4-6H2,1-3H3,(H,16,17)(H2,12,14,15,18). The first-order valence-corrected chi connectivity index (χ1v) is 5.90. The zero-order valence-corrected chi connectivity index (χ0v) is 10.9. The zero-order valence-electron chi connectivity index (χ0n) is 10.9. The quantitative estimate of drug-likeness (QED) is 0.511. The van der Waals surface area contributed by atoms with E-state index in [9.17, 15) is 14.4 Å². The van der Waals surface area contributed by atoms with Gasteiger partial charge >= 0.3 is 12.0 Å². The molecule has 18 heavy (non-hydrogen) atoms. The van der Waals surface area contributed by atoms with Crippen molar-refractivity contribution in [3.8, 4) is 0 Å². The maximum Gasteiger partial charge on any atom is 0.321 e. The number of amides is 3. The van der Waals surface area contributed by atoms with Crippen molar-refractivity contribution in [2.75, 3.05) is 13.1 Å². The average molecular weight is 259 g/mol. The molecule has 0 fully saturated rings. The second-order valence-corrected chi connectivity index (χ2v) is 4.31. The van der Waals surface area contributed by atoms with Crippen molar-refractivity contribution in [1.29, 1.82) is 0 Å². The molecule has 0 radical (unpaired) electrons. The Morgan fingerprint density at radius 2 is 1.83 bits per heavy atom. The highest BCUT2D eigenvalue weighted by Gasteiger charge is 2.19. The average Bonchev–Trinajstić information content (AvgIpc) is 2.23. The van der Waals surface area contributed by atoms with Crippen LogP contribution in [0.4, 0.5) is 4.79 Å². The maximum atomic E-state index is 11.3. The van der Waals surface area contributed by atoms with Crippen LogP contribution in [0.3, 0.4) is 0 Å². The summed E-state index contributed by atoms with van der Waals surface area (Å²) in [7, 11) is 0. The molecule has 0 aliphatic rings. The van der Waals surface area contributed by atoms with Gasteiger partial charge in [0.25, 0.3) is 0 Å². The fraction of sp³-hybridized carbons (Fsp3) is 0.727. The fourth-order valence-corrected chi connectivity index (χ4v) is 1.33. The summed E-state index contributed by atoms with van der Waals surface area (Å²) in [6.07, 6.45) is 0.420. The lowest BCUT2D eigenvalue weighted by Gasteiger charge is -2.16. The lowest BCUT2D eigenvalue weighted by Crippen LogP contribution is -2.47. The van der Waals surface area contributed by atoms with Gasteiger partial charge in [-0.1, -0.05) is 13.8 Å². The second-order valence-electron chi connectivity index (χ2n) is 4.31. The summed E-state index contributed by atoms with van der Waals surface area (Å²) in [5.41, 5.74) is 0. The molecule has 7 heteroatoms. The SMILES string of the molecule is CCNC(=O)NC(=O)CNC(CC(C)C)C(=O)O. The number of carboxylic acids is 1. The van der Waals surface area contributed by atoms with Crippen LogP contribution in [0.2, 0.25) is 0 Å². The first-order chi connectivity index (χ1) is 8.36. The number of urea groups is 1. The van der Waals surface area contributed by atoms with E-state index in [1.807, 2.05) is 13.8 Å². The lowest BCUT2D eigenvalue weighted by atomic mass is 10.0. The summed E-state index contributed by atoms with van der Waals surface area (Å²) in [4.78, 5) is 33.2. The van der Waals surface area contributed by atoms with Crippen LogP contribution in [-0.4, -0.2) is 42.1 Å². The molecule has 1 unspecified atom stereocenters. The number of carbonyl (C=O) groups is 3. The van der Waals surface area contributed by atoms with Gasteiger partial charge in [0.05, 0.1) is 6.54 Å². The predicted octanol–water partition coefficient (Wildman–Crippen LogP) is -0.0790. The molecule has 0 aliphatic carbocycles. The molecule has 7 nitrogen and oxygen atoms in total. The van der Waals surface area contributed by atoms with E-state index >= 15 is 0 Å². The van der Waals surface area contributed by atoms with E-state index < -0.39 is 23.9 Å². The first-order valence-electron chi connectivity index (χ1n) is 5.90. The Labute approximate surface area is 106 Å². The van der Waals surface area contributed by atoms with E-state index in [0.29, 0.717) is 13.0 Å². The van der Waals surface area contributed by atoms with Crippen molar-refractivity contribution < 1.29 is 19.5 Å². The molecule has 0 bridgehead atoms. The molecule has 1 atom stereocenters. The summed E-state index contributed by atoms with van der Waals surface area (Å²) in [5.74, 6) is -1.37. The van der Waals surface area contributed by atoms with Gasteiger partial charge in [0.15, 0.2) is 0 Å². The number of hydrogen-bond donors (Lipinski definition) is 4. The number of rotatable bonds is 7. The Bertz CT molecular complexity index is 305. The highest BCUT2D eigenvalue weighted by Crippen LogP contribution is 2.04. The van der Waals surface area contributed by atoms with Crippen LogP contribution < -0.4 is 16.0 Å². The zero-order chi connectivity index (χ0) is 14.1. The third-order valence-electron chi connectivity index (χ3n) is 2.10. The molecular weight excluding hydrogens is 238 g/mol. The van der Waals surface area contributed by atoms with Gasteiger partial charge in [0, 0.05) is 6.54 Å². The monoisotopic (exact) mass is 259 g/mol. The molecule has 0 aromatic carbocycles. The van der Waals surface area contributed by atoms with Gasteiger partial charge in [0.1, 0.15) is 6.04 Å². The third-order valence-corrected chi connectivity index (χ3v) is 2.10. The minimum absolute atomic E-state index is 0.199. The first kappa shape index (κ1) is 16.4. The molecule has 0 saturated heterocycles. The molecule has 0 aromatic rings. The maximum absolute atomic E-state index is 11.3. The van der Waals surface area contributed by atoms with Crippen LogP contribution in [0.15, 0.2) is 0 Å². The van der Waals surface area contributed by atoms with Gasteiger partial charge in [-0.15, -0.1) is 0 Å². The van der Waals surface area contributed by atoms with Gasteiger partial charge in [-0.05, 0) is 19.3 Å². The van der Waals surface area contributed by atoms with Crippen LogP contribution in [-0.2, 0) is 9.59 Å². The molecule has 4 N–H and O–H groups in total. The van der Waals surface area contributed by atoms with E-state index in [-0.39, 0.29) is 12.5 Å². The number of carbonyl (C=O) groups excluding carboxylic acids is 2. The predicted molar refractivity (Wildman–Crippen MR) is 66.1 cm³/mol. The van der Waals surface area contributed by atoms with Crippen molar-refractivity contribution in [3.05, 3.63) is 0 Å². The molecule has 3 amide bonds. The van der Waals surface area contributed by atoms with Crippen LogP contribution in [0.25, 0.3) is 0 Å². The summed E-state index contributed by atoms with van der Waals surface area (Å²) >= 11 is 0.